The van der Waals surface area contributed by atoms with Crippen LogP contribution in [0.1, 0.15) is 40.2 Å². The number of ether oxygens (including phenoxy) is 1. The van der Waals surface area contributed by atoms with Gasteiger partial charge in [-0.2, -0.15) is 0 Å². The maximum absolute atomic E-state index is 12.1. The van der Waals surface area contributed by atoms with Gasteiger partial charge in [-0.1, -0.05) is 13.8 Å². The quantitative estimate of drug-likeness (QED) is 0.567. The van der Waals surface area contributed by atoms with Crippen LogP contribution < -0.4 is 0 Å². The van der Waals surface area contributed by atoms with Gasteiger partial charge in [0.25, 0.3) is 5.69 Å². The van der Waals surface area contributed by atoms with Crippen molar-refractivity contribution < 1.29 is 14.5 Å². The number of benzene rings is 1. The molecule has 1 aromatic heterocycles. The third kappa shape index (κ3) is 3.84. The molecule has 6 nitrogen and oxygen atoms in total. The number of nitro groups is 1. The van der Waals surface area contributed by atoms with Crippen molar-refractivity contribution in [3.63, 3.8) is 0 Å². The van der Waals surface area contributed by atoms with Crippen LogP contribution in [0.15, 0.2) is 24.4 Å². The summed E-state index contributed by atoms with van der Waals surface area (Å²) in [5, 5.41) is 11.5. The fourth-order valence-electron chi connectivity index (χ4n) is 1.96. The van der Waals surface area contributed by atoms with E-state index < -0.39 is 16.6 Å². The average molecular weight is 306 g/mol. The van der Waals surface area contributed by atoms with Gasteiger partial charge < -0.3 is 4.74 Å². The molecule has 0 aliphatic heterocycles. The minimum Gasteiger partial charge on any atom is -0.443 e. The van der Waals surface area contributed by atoms with Crippen LogP contribution in [0.4, 0.5) is 10.5 Å². The summed E-state index contributed by atoms with van der Waals surface area (Å²) in [6.07, 6.45) is 1.13. The summed E-state index contributed by atoms with van der Waals surface area (Å²) in [7, 11) is 0. The second-order valence-corrected chi connectivity index (χ2v) is 5.62. The molecule has 0 N–H and O–H groups in total. The van der Waals surface area contributed by atoms with E-state index in [0.717, 1.165) is 5.56 Å². The number of carbonyl (C=O) groups is 1. The van der Waals surface area contributed by atoms with Gasteiger partial charge in [-0.3, -0.25) is 14.7 Å². The van der Waals surface area contributed by atoms with Crippen molar-refractivity contribution in [2.24, 2.45) is 0 Å². The van der Waals surface area contributed by atoms with Crippen molar-refractivity contribution in [3.05, 3.63) is 40.1 Å². The Bertz CT molecular complexity index is 696. The zero-order valence-corrected chi connectivity index (χ0v) is 13.8. The third-order valence-electron chi connectivity index (χ3n) is 2.79. The number of aromatic nitrogens is 1. The van der Waals surface area contributed by atoms with Crippen LogP contribution >= 0.6 is 0 Å². The van der Waals surface area contributed by atoms with E-state index in [4.69, 9.17) is 4.74 Å². The fraction of sp³-hybridized carbons (Fsp3) is 0.438. The minimum atomic E-state index is -0.595. The highest BCUT2D eigenvalue weighted by Crippen LogP contribution is 2.26. The first-order chi connectivity index (χ1) is 10.2. The summed E-state index contributed by atoms with van der Waals surface area (Å²) < 4.78 is 6.69. The number of nitrogens with zero attached hydrogens (tertiary/aromatic N) is 2. The molecule has 0 atom stereocenters. The lowest BCUT2D eigenvalue weighted by atomic mass is 10.2. The first-order valence-electron chi connectivity index (χ1n) is 7.18. The third-order valence-corrected chi connectivity index (χ3v) is 2.79. The SMILES string of the molecule is CC.Cc1cn(C(=O)OC(C)(C)C)c2ccc([N+](=O)[O-])cc12. The second kappa shape index (κ2) is 6.60. The van der Waals surface area contributed by atoms with Crippen LogP contribution in [0, 0.1) is 17.0 Å². The number of hydrogen-bond acceptors (Lipinski definition) is 4. The molecule has 0 bridgehead atoms. The lowest BCUT2D eigenvalue weighted by Gasteiger charge is -2.19. The molecule has 0 unspecified atom stereocenters. The van der Waals surface area contributed by atoms with Crippen LogP contribution in [0.25, 0.3) is 10.9 Å². The maximum atomic E-state index is 12.1. The molecule has 0 spiro atoms. The zero-order valence-electron chi connectivity index (χ0n) is 13.8. The van der Waals surface area contributed by atoms with Crippen LogP contribution in [0.5, 0.6) is 0 Å². The Labute approximate surface area is 129 Å². The van der Waals surface area contributed by atoms with Crippen LogP contribution in [-0.4, -0.2) is 21.2 Å². The van der Waals surface area contributed by atoms with Crippen LogP contribution in [-0.2, 0) is 4.74 Å². The highest BCUT2D eigenvalue weighted by molar-refractivity contribution is 5.93. The molecular weight excluding hydrogens is 284 g/mol. The number of non-ortho nitro benzene ring substituents is 1. The number of fused-ring (bicyclic) bond motifs is 1. The van der Waals surface area contributed by atoms with Crippen molar-refractivity contribution in [2.75, 3.05) is 0 Å². The molecule has 1 aromatic carbocycles. The van der Waals surface area contributed by atoms with Crippen molar-refractivity contribution in [2.45, 2.75) is 47.1 Å². The molecule has 120 valence electrons. The van der Waals surface area contributed by atoms with Gasteiger partial charge in [-0.15, -0.1) is 0 Å². The van der Waals surface area contributed by atoms with E-state index in [9.17, 15) is 14.9 Å². The van der Waals surface area contributed by atoms with Gasteiger partial charge >= 0.3 is 6.09 Å². The highest BCUT2D eigenvalue weighted by atomic mass is 16.6. The lowest BCUT2D eigenvalue weighted by Crippen LogP contribution is -2.26. The molecule has 0 aliphatic carbocycles. The predicted octanol–water partition coefficient (Wildman–Crippen LogP) is 4.67. The van der Waals surface area contributed by atoms with Gasteiger partial charge in [0.15, 0.2) is 0 Å². The Morgan fingerprint density at radius 1 is 1.27 bits per heavy atom. The van der Waals surface area contributed by atoms with Crippen molar-refractivity contribution >= 4 is 22.7 Å². The zero-order chi connectivity index (χ0) is 17.1. The molecule has 0 fully saturated rings. The van der Waals surface area contributed by atoms with Crippen molar-refractivity contribution in [3.8, 4) is 0 Å². The van der Waals surface area contributed by atoms with Crippen molar-refractivity contribution in [1.82, 2.24) is 4.57 Å². The summed E-state index contributed by atoms with van der Waals surface area (Å²) in [5.41, 5.74) is 0.793. The summed E-state index contributed by atoms with van der Waals surface area (Å²) in [6, 6.07) is 4.40. The van der Waals surface area contributed by atoms with E-state index in [-0.39, 0.29) is 5.69 Å². The lowest BCUT2D eigenvalue weighted by molar-refractivity contribution is -0.384. The van der Waals surface area contributed by atoms with E-state index in [2.05, 4.69) is 0 Å². The predicted molar refractivity (Wildman–Crippen MR) is 86.3 cm³/mol. The van der Waals surface area contributed by atoms with E-state index in [1.807, 2.05) is 13.8 Å². The topological polar surface area (TPSA) is 74.4 Å². The molecule has 0 amide bonds. The molecule has 0 radical (unpaired) electrons. The Morgan fingerprint density at radius 3 is 2.36 bits per heavy atom. The largest absolute Gasteiger partial charge is 0.443 e. The monoisotopic (exact) mass is 306 g/mol. The fourth-order valence-corrected chi connectivity index (χ4v) is 1.96. The molecule has 6 heteroatoms. The number of hydrogen-bond donors (Lipinski definition) is 0. The van der Waals surface area contributed by atoms with E-state index in [1.54, 1.807) is 40.0 Å². The summed E-state index contributed by atoms with van der Waals surface area (Å²) in [6.45, 7) is 11.2. The maximum Gasteiger partial charge on any atom is 0.418 e. The second-order valence-electron chi connectivity index (χ2n) is 5.62. The summed E-state index contributed by atoms with van der Waals surface area (Å²) in [4.78, 5) is 22.4. The number of nitro benzene ring substituents is 1. The van der Waals surface area contributed by atoms with E-state index in [1.165, 1.54) is 16.7 Å². The van der Waals surface area contributed by atoms with Crippen molar-refractivity contribution in [1.29, 1.82) is 0 Å². The molecule has 2 rings (SSSR count). The minimum absolute atomic E-state index is 0.00235. The molecule has 0 saturated carbocycles. The molecule has 1 heterocycles. The first-order valence-corrected chi connectivity index (χ1v) is 7.18. The Hall–Kier alpha value is -2.37. The highest BCUT2D eigenvalue weighted by Gasteiger charge is 2.20. The van der Waals surface area contributed by atoms with E-state index in [0.29, 0.717) is 10.9 Å². The molecule has 0 aliphatic rings. The Morgan fingerprint density at radius 2 is 1.86 bits per heavy atom. The van der Waals surface area contributed by atoms with Gasteiger partial charge in [0.05, 0.1) is 10.4 Å². The first kappa shape index (κ1) is 17.7. The molecule has 0 saturated heterocycles. The van der Waals surface area contributed by atoms with Crippen LogP contribution in [0.2, 0.25) is 0 Å². The molecule has 22 heavy (non-hydrogen) atoms. The average Bonchev–Trinajstić information content (AvgIpc) is 2.76. The Kier molecular flexibility index (Phi) is 5.30. The van der Waals surface area contributed by atoms with Gasteiger partial charge in [0, 0.05) is 23.7 Å². The van der Waals surface area contributed by atoms with Crippen LogP contribution in [0.3, 0.4) is 0 Å². The van der Waals surface area contributed by atoms with E-state index >= 15 is 0 Å². The Balaban J connectivity index is 0.00000116. The molecule has 2 aromatic rings. The molecular formula is C16H22N2O4. The van der Waals surface area contributed by atoms with Gasteiger partial charge in [0.1, 0.15) is 5.60 Å². The normalized spacial score (nSPS) is 10.8. The standard InChI is InChI=1S/C14H16N2O4.C2H6/c1-9-8-15(13(17)20-14(2,3)4)12-6-5-10(16(18)19)7-11(9)12;1-2/h5-8H,1-4H3;1-2H3. The summed E-state index contributed by atoms with van der Waals surface area (Å²) in [5.74, 6) is 0. The van der Waals surface area contributed by atoms with Gasteiger partial charge in [0.2, 0.25) is 0 Å². The summed E-state index contributed by atoms with van der Waals surface area (Å²) >= 11 is 0. The number of rotatable bonds is 1. The van der Waals surface area contributed by atoms with Gasteiger partial charge in [-0.25, -0.2) is 4.79 Å². The number of carbonyl (C=O) groups excluding carboxylic acids is 1. The van der Waals surface area contributed by atoms with Gasteiger partial charge in [-0.05, 0) is 39.3 Å². The number of aryl methyl sites for hydroxylation is 1. The smallest absolute Gasteiger partial charge is 0.418 e.